The predicted molar refractivity (Wildman–Crippen MR) is 199 cm³/mol. The first-order chi connectivity index (χ1) is 23.4. The van der Waals surface area contributed by atoms with Crippen LogP contribution >= 0.6 is 0 Å². The van der Waals surface area contributed by atoms with Crippen molar-refractivity contribution < 1.29 is 29.0 Å². The average molecular weight is 687 g/mol. The van der Waals surface area contributed by atoms with Crippen LogP contribution in [0.15, 0.2) is 57.5 Å². The number of hydrogen-bond donors (Lipinski definition) is 2. The number of aliphatic hydroxyl groups excluding tert-OH is 1. The van der Waals surface area contributed by atoms with Crippen molar-refractivity contribution in [2.24, 2.45) is 10.4 Å². The van der Waals surface area contributed by atoms with Gasteiger partial charge in [0.05, 0.1) is 35.8 Å². The summed E-state index contributed by atoms with van der Waals surface area (Å²) in [6.07, 6.45) is 3.64. The van der Waals surface area contributed by atoms with Gasteiger partial charge in [-0.15, -0.1) is 0 Å². The Hall–Kier alpha value is -4.34. The Bertz CT molecular complexity index is 1770. The van der Waals surface area contributed by atoms with Crippen molar-refractivity contribution in [2.75, 3.05) is 23.4 Å². The molecule has 2 atom stereocenters. The van der Waals surface area contributed by atoms with Crippen LogP contribution in [0.4, 0.5) is 21.0 Å². The number of rotatable bonds is 8. The molecule has 2 aliphatic carbocycles. The number of nitrogens with zero attached hydrogens (tertiary/aromatic N) is 3. The molecule has 10 nitrogen and oxygen atoms in total. The first kappa shape index (κ1) is 36.9. The van der Waals surface area contributed by atoms with Crippen molar-refractivity contribution in [3.63, 3.8) is 0 Å². The Morgan fingerprint density at radius 3 is 2.08 bits per heavy atom. The van der Waals surface area contributed by atoms with Crippen molar-refractivity contribution in [2.45, 2.75) is 126 Å². The molecule has 2 unspecified atom stereocenters. The number of anilines is 2. The van der Waals surface area contributed by atoms with Gasteiger partial charge in [-0.2, -0.15) is 4.99 Å². The standard InChI is InChI=1S/C40H54N4O6/c1-13-15-49-37(47)41-29-19-31-27(39(9,10)23(7)43(31)21(3)4)17-25(29)33-35(45)34(36(33)46)26-18-28-32(20-30(26)42-38(48)50-16-14-2)44(22(5)6)24(8)40(28,11)12/h17-24,45H,13-16H2,1-12H3,(H,41,47)/b34-26+,42-30+. The van der Waals surface area contributed by atoms with Crippen molar-refractivity contribution in [1.82, 2.24) is 4.90 Å². The van der Waals surface area contributed by atoms with E-state index in [9.17, 15) is 19.5 Å². The van der Waals surface area contributed by atoms with Gasteiger partial charge in [0.1, 0.15) is 5.76 Å². The number of Topliss-reactive ketones (excluding diaryl/α,β-unsaturated/α-hetero) is 1. The number of aliphatic hydroxyl groups is 1. The fourth-order valence-corrected chi connectivity index (χ4v) is 7.80. The normalized spacial score (nSPS) is 24.4. The van der Waals surface area contributed by atoms with E-state index in [0.29, 0.717) is 29.7 Å². The van der Waals surface area contributed by atoms with Gasteiger partial charge in [0.25, 0.3) is 0 Å². The molecule has 0 saturated carbocycles. The van der Waals surface area contributed by atoms with Crippen LogP contribution in [-0.2, 0) is 19.7 Å². The molecule has 1 saturated heterocycles. The van der Waals surface area contributed by atoms with Crippen LogP contribution in [0, 0.1) is 5.41 Å². The van der Waals surface area contributed by atoms with Crippen LogP contribution in [0.2, 0.25) is 0 Å². The Balaban J connectivity index is 1.73. The van der Waals surface area contributed by atoms with Gasteiger partial charge in [-0.1, -0.05) is 41.5 Å². The molecule has 5 rings (SSSR count). The van der Waals surface area contributed by atoms with Crippen molar-refractivity contribution in [1.29, 1.82) is 0 Å². The first-order valence-electron chi connectivity index (χ1n) is 18.0. The van der Waals surface area contributed by atoms with E-state index in [1.54, 1.807) is 0 Å². The molecule has 2 N–H and O–H groups in total. The molecule has 2 aliphatic heterocycles. The Kier molecular flexibility index (Phi) is 9.91. The fourth-order valence-electron chi connectivity index (χ4n) is 7.80. The maximum absolute atomic E-state index is 14.4. The summed E-state index contributed by atoms with van der Waals surface area (Å²) in [5.41, 5.74) is 4.89. The minimum absolute atomic E-state index is 0.0766. The smallest absolute Gasteiger partial charge is 0.434 e. The quantitative estimate of drug-likeness (QED) is 0.261. The number of carbonyl (C=O) groups excluding carboxylic acids is 3. The predicted octanol–water partition coefficient (Wildman–Crippen LogP) is 8.64. The summed E-state index contributed by atoms with van der Waals surface area (Å²) in [4.78, 5) is 49.1. The lowest BCUT2D eigenvalue weighted by molar-refractivity contribution is -0.111. The van der Waals surface area contributed by atoms with E-state index in [0.717, 1.165) is 22.5 Å². The molecule has 10 heteroatoms. The third-order valence-electron chi connectivity index (χ3n) is 11.0. The monoisotopic (exact) mass is 686 g/mol. The molecule has 270 valence electrons. The number of benzene rings is 1. The molecule has 1 aromatic rings. The Labute approximate surface area is 297 Å². The second kappa shape index (κ2) is 13.4. The largest absolute Gasteiger partial charge is 0.506 e. The van der Waals surface area contributed by atoms with Crippen LogP contribution in [0.25, 0.3) is 5.57 Å². The minimum atomic E-state index is -0.757. The van der Waals surface area contributed by atoms with Crippen LogP contribution in [0.1, 0.15) is 107 Å². The summed E-state index contributed by atoms with van der Waals surface area (Å²) >= 11 is 0. The van der Waals surface area contributed by atoms with Gasteiger partial charge in [-0.25, -0.2) is 9.59 Å². The first-order valence-corrected chi connectivity index (χ1v) is 18.0. The van der Waals surface area contributed by atoms with Gasteiger partial charge in [-0.3, -0.25) is 10.1 Å². The zero-order valence-electron chi connectivity index (χ0n) is 31.8. The zero-order chi connectivity index (χ0) is 37.0. The molecule has 0 spiro atoms. The highest BCUT2D eigenvalue weighted by Crippen LogP contribution is 2.53. The highest BCUT2D eigenvalue weighted by atomic mass is 16.6. The second-order valence-corrected chi connectivity index (χ2v) is 15.5. The number of nitrogens with one attached hydrogen (secondary N) is 1. The number of ketones is 1. The summed E-state index contributed by atoms with van der Waals surface area (Å²) in [6.45, 7) is 25.8. The second-order valence-electron chi connectivity index (χ2n) is 15.5. The van der Waals surface area contributed by atoms with E-state index >= 15 is 0 Å². The summed E-state index contributed by atoms with van der Waals surface area (Å²) in [5.74, 6) is -0.618. The van der Waals surface area contributed by atoms with E-state index < -0.39 is 18.0 Å². The Morgan fingerprint density at radius 2 is 1.50 bits per heavy atom. The molecule has 0 radical (unpaired) electrons. The topological polar surface area (TPSA) is 121 Å². The molecular weight excluding hydrogens is 632 g/mol. The number of fused-ring (bicyclic) bond motifs is 2. The maximum atomic E-state index is 14.4. The van der Waals surface area contributed by atoms with E-state index in [4.69, 9.17) is 9.47 Å². The molecule has 1 aromatic carbocycles. The van der Waals surface area contributed by atoms with Gasteiger partial charge < -0.3 is 24.4 Å². The van der Waals surface area contributed by atoms with E-state index in [-0.39, 0.29) is 70.8 Å². The van der Waals surface area contributed by atoms with E-state index in [1.165, 1.54) is 0 Å². The summed E-state index contributed by atoms with van der Waals surface area (Å²) in [5, 5.41) is 14.7. The minimum Gasteiger partial charge on any atom is -0.506 e. The van der Waals surface area contributed by atoms with Gasteiger partial charge >= 0.3 is 12.2 Å². The van der Waals surface area contributed by atoms with Crippen LogP contribution in [-0.4, -0.2) is 71.1 Å². The number of aliphatic imine (C=N–C) groups is 1. The van der Waals surface area contributed by atoms with Gasteiger partial charge in [0.2, 0.25) is 5.78 Å². The van der Waals surface area contributed by atoms with Crippen LogP contribution in [0.3, 0.4) is 0 Å². The lowest BCUT2D eigenvalue weighted by Gasteiger charge is -2.34. The zero-order valence-corrected chi connectivity index (χ0v) is 31.8. The molecule has 0 bridgehead atoms. The van der Waals surface area contributed by atoms with Gasteiger partial charge in [0.15, 0.2) is 0 Å². The third kappa shape index (κ3) is 5.94. The molecule has 4 aliphatic rings. The van der Waals surface area contributed by atoms with Crippen LogP contribution < -0.4 is 10.2 Å². The summed E-state index contributed by atoms with van der Waals surface area (Å²) < 4.78 is 10.7. The summed E-state index contributed by atoms with van der Waals surface area (Å²) in [6, 6.07) is 4.41. The van der Waals surface area contributed by atoms with Gasteiger partial charge in [-0.05, 0) is 89.8 Å². The fraction of sp³-hybridized carbons (Fsp3) is 0.550. The number of likely N-dealkylation sites (tertiary alicyclic amines) is 1. The lowest BCUT2D eigenvalue weighted by atomic mass is 9.73. The molecule has 50 heavy (non-hydrogen) atoms. The maximum Gasteiger partial charge on any atom is 0.434 e. The highest BCUT2D eigenvalue weighted by Gasteiger charge is 2.49. The van der Waals surface area contributed by atoms with E-state index in [2.05, 4.69) is 89.3 Å². The number of ether oxygens (including phenoxy) is 2. The van der Waals surface area contributed by atoms with E-state index in [1.807, 2.05) is 38.1 Å². The van der Waals surface area contributed by atoms with Crippen LogP contribution in [0.5, 0.6) is 0 Å². The molecule has 2 heterocycles. The average Bonchev–Trinajstić information content (AvgIpc) is 3.35. The number of amides is 2. The highest BCUT2D eigenvalue weighted by molar-refractivity contribution is 6.42. The molecule has 2 amide bonds. The van der Waals surface area contributed by atoms with Crippen molar-refractivity contribution in [3.05, 3.63) is 63.6 Å². The van der Waals surface area contributed by atoms with Crippen molar-refractivity contribution >= 4 is 40.6 Å². The number of carbonyl (C=O) groups is 3. The molecule has 1 fully saturated rings. The van der Waals surface area contributed by atoms with Gasteiger partial charge in [0, 0.05) is 57.5 Å². The SMILES string of the molecule is CCCOC(=O)/N=C1\C=C2C(=C\C1=C1/C(=O)C(c3cc4c(cc3NC(=O)OCCC)N(C(C)C)C(C)C4(C)C)=C1O)C(C)(C)C(C)N2C(C)C. The molecular formula is C40H54N4O6. The van der Waals surface area contributed by atoms with Crippen molar-refractivity contribution in [3.8, 4) is 0 Å². The number of allylic oxidation sites excluding steroid dienone is 6. The number of hydrogen-bond acceptors (Lipinski definition) is 8. The lowest BCUT2D eigenvalue weighted by Crippen LogP contribution is -2.42. The molecule has 0 aromatic heterocycles. The summed E-state index contributed by atoms with van der Waals surface area (Å²) in [7, 11) is 0. The Morgan fingerprint density at radius 1 is 0.900 bits per heavy atom. The third-order valence-corrected chi connectivity index (χ3v) is 11.0.